The molecule has 0 atom stereocenters. The number of carbonyl (C=O) groups excluding carboxylic acids is 2. The molecule has 9 nitrogen and oxygen atoms in total. The van der Waals surface area contributed by atoms with Gasteiger partial charge in [-0.2, -0.15) is 0 Å². The average molecular weight is 423 g/mol. The van der Waals surface area contributed by atoms with Gasteiger partial charge in [-0.3, -0.25) is 14.3 Å². The van der Waals surface area contributed by atoms with Gasteiger partial charge in [0.15, 0.2) is 18.1 Å². The summed E-state index contributed by atoms with van der Waals surface area (Å²) in [4.78, 5) is 37.5. The Hall–Kier alpha value is -4.01. The van der Waals surface area contributed by atoms with Gasteiger partial charge in [0.1, 0.15) is 18.9 Å². The van der Waals surface area contributed by atoms with Crippen LogP contribution in [0, 0.1) is 6.92 Å². The fraction of sp³-hybridized carbons (Fsp3) is 0.227. The molecule has 0 unspecified atom stereocenters. The molecule has 0 aliphatic carbocycles. The minimum atomic E-state index is -0.682. The summed E-state index contributed by atoms with van der Waals surface area (Å²) in [5.74, 6) is -0.295. The molecule has 1 N–H and O–H groups in total. The van der Waals surface area contributed by atoms with E-state index in [4.69, 9.17) is 14.2 Å². The van der Waals surface area contributed by atoms with E-state index in [9.17, 15) is 14.4 Å². The van der Waals surface area contributed by atoms with E-state index in [0.717, 1.165) is 0 Å². The van der Waals surface area contributed by atoms with E-state index < -0.39 is 18.5 Å². The lowest BCUT2D eigenvalue weighted by atomic mass is 10.2. The molecule has 9 heteroatoms. The van der Waals surface area contributed by atoms with Gasteiger partial charge in [-0.1, -0.05) is 18.2 Å². The van der Waals surface area contributed by atoms with Crippen LogP contribution in [0.5, 0.6) is 11.5 Å². The van der Waals surface area contributed by atoms with E-state index in [1.807, 2.05) is 18.2 Å². The number of fused-ring (bicyclic) bond motifs is 1. The highest BCUT2D eigenvalue weighted by Crippen LogP contribution is 2.30. The van der Waals surface area contributed by atoms with Crippen LogP contribution in [-0.4, -0.2) is 41.1 Å². The van der Waals surface area contributed by atoms with E-state index in [1.54, 1.807) is 36.9 Å². The Balaban J connectivity index is 1.44. The summed E-state index contributed by atoms with van der Waals surface area (Å²) in [5.41, 5.74) is 1.23. The number of benzene rings is 2. The lowest BCUT2D eigenvalue weighted by Gasteiger charge is -2.18. The predicted molar refractivity (Wildman–Crippen MR) is 112 cm³/mol. The van der Waals surface area contributed by atoms with Crippen LogP contribution < -0.4 is 20.3 Å². The molecule has 2 heterocycles. The third-order valence-electron chi connectivity index (χ3n) is 4.93. The number of ether oxygens (including phenoxy) is 3. The topological polar surface area (TPSA) is 101 Å². The van der Waals surface area contributed by atoms with Gasteiger partial charge in [0.05, 0.1) is 16.9 Å². The Bertz CT molecular complexity index is 1200. The van der Waals surface area contributed by atoms with Crippen LogP contribution in [-0.2, 0) is 16.6 Å². The summed E-state index contributed by atoms with van der Waals surface area (Å²) < 4.78 is 19.0. The first kappa shape index (κ1) is 20.3. The molecule has 0 bridgehead atoms. The summed E-state index contributed by atoms with van der Waals surface area (Å²) in [6, 6.07) is 13.7. The second kappa shape index (κ2) is 8.39. The number of nitrogens with one attached hydrogen (secondary N) is 1. The Labute approximate surface area is 177 Å². The lowest BCUT2D eigenvalue weighted by Crippen LogP contribution is -2.26. The Morgan fingerprint density at radius 3 is 2.52 bits per heavy atom. The second-order valence-electron chi connectivity index (χ2n) is 6.92. The summed E-state index contributed by atoms with van der Waals surface area (Å²) in [5, 5.41) is 2.55. The van der Waals surface area contributed by atoms with Crippen LogP contribution in [0.2, 0.25) is 0 Å². The minimum absolute atomic E-state index is 0.131. The van der Waals surface area contributed by atoms with Crippen molar-refractivity contribution in [3.63, 3.8) is 0 Å². The van der Waals surface area contributed by atoms with Crippen molar-refractivity contribution >= 4 is 17.6 Å². The molecule has 1 aromatic heterocycles. The van der Waals surface area contributed by atoms with Gasteiger partial charge in [0.25, 0.3) is 11.5 Å². The van der Waals surface area contributed by atoms with E-state index in [2.05, 4.69) is 5.32 Å². The smallest absolute Gasteiger partial charge is 0.338 e. The second-order valence-corrected chi connectivity index (χ2v) is 6.92. The number of esters is 1. The molecule has 160 valence electrons. The zero-order chi connectivity index (χ0) is 22.0. The fourth-order valence-corrected chi connectivity index (χ4v) is 3.27. The molecular formula is C22H21N3O6. The zero-order valence-electron chi connectivity index (χ0n) is 17.1. The highest BCUT2D eigenvalue weighted by molar-refractivity contribution is 5.96. The van der Waals surface area contributed by atoms with Gasteiger partial charge in [-0.05, 0) is 37.3 Å². The van der Waals surface area contributed by atoms with Crippen LogP contribution in [0.25, 0.3) is 5.69 Å². The maximum Gasteiger partial charge on any atom is 0.338 e. The van der Waals surface area contributed by atoms with Gasteiger partial charge in [-0.15, -0.1) is 0 Å². The number of nitrogens with zero attached hydrogens (tertiary/aromatic N) is 2. The fourth-order valence-electron chi connectivity index (χ4n) is 3.27. The highest BCUT2D eigenvalue weighted by Gasteiger charge is 2.20. The van der Waals surface area contributed by atoms with Crippen molar-refractivity contribution in [3.05, 3.63) is 70.1 Å². The summed E-state index contributed by atoms with van der Waals surface area (Å²) >= 11 is 0. The number of para-hydroxylation sites is 1. The average Bonchev–Trinajstić information content (AvgIpc) is 3.00. The normalized spacial score (nSPS) is 12.3. The first-order valence-corrected chi connectivity index (χ1v) is 9.66. The molecular weight excluding hydrogens is 402 g/mol. The predicted octanol–water partition coefficient (Wildman–Crippen LogP) is 2.05. The number of hydrogen-bond donors (Lipinski definition) is 1. The Kier molecular flexibility index (Phi) is 5.48. The lowest BCUT2D eigenvalue weighted by molar-refractivity contribution is -0.119. The molecule has 2 aromatic carbocycles. The molecule has 0 saturated heterocycles. The molecule has 0 saturated carbocycles. The highest BCUT2D eigenvalue weighted by atomic mass is 16.6. The molecule has 3 aromatic rings. The molecule has 1 amide bonds. The van der Waals surface area contributed by atoms with Crippen LogP contribution in [0.1, 0.15) is 16.1 Å². The molecule has 31 heavy (non-hydrogen) atoms. The van der Waals surface area contributed by atoms with Gasteiger partial charge in [-0.25, -0.2) is 9.48 Å². The van der Waals surface area contributed by atoms with Crippen molar-refractivity contribution in [1.82, 2.24) is 9.36 Å². The van der Waals surface area contributed by atoms with Gasteiger partial charge < -0.3 is 19.5 Å². The van der Waals surface area contributed by atoms with E-state index in [-0.39, 0.29) is 16.8 Å². The first-order valence-electron chi connectivity index (χ1n) is 9.66. The molecule has 1 aliphatic rings. The number of amides is 1. The maximum atomic E-state index is 12.8. The van der Waals surface area contributed by atoms with E-state index in [0.29, 0.717) is 36.1 Å². The third kappa shape index (κ3) is 4.02. The van der Waals surface area contributed by atoms with Crippen LogP contribution in [0.3, 0.4) is 0 Å². The van der Waals surface area contributed by atoms with Crippen molar-refractivity contribution < 1.29 is 23.8 Å². The van der Waals surface area contributed by atoms with E-state index in [1.165, 1.54) is 16.8 Å². The van der Waals surface area contributed by atoms with Crippen molar-refractivity contribution in [2.24, 2.45) is 7.05 Å². The zero-order valence-corrected chi connectivity index (χ0v) is 17.1. The van der Waals surface area contributed by atoms with Crippen molar-refractivity contribution in [2.75, 3.05) is 25.1 Å². The Morgan fingerprint density at radius 1 is 1.06 bits per heavy atom. The van der Waals surface area contributed by atoms with Crippen molar-refractivity contribution in [3.8, 4) is 17.2 Å². The van der Waals surface area contributed by atoms with Crippen molar-refractivity contribution in [2.45, 2.75) is 6.92 Å². The monoisotopic (exact) mass is 423 g/mol. The number of carbonyl (C=O) groups is 2. The summed E-state index contributed by atoms with van der Waals surface area (Å²) in [6.07, 6.45) is 0. The molecule has 0 spiro atoms. The third-order valence-corrected chi connectivity index (χ3v) is 4.93. The summed E-state index contributed by atoms with van der Waals surface area (Å²) in [7, 11) is 1.72. The number of hydrogen-bond acceptors (Lipinski definition) is 6. The van der Waals surface area contributed by atoms with Crippen LogP contribution >= 0.6 is 0 Å². The standard InChI is InChI=1S/C22H21N3O6/c1-14-20(21(27)25(24(14)2)16-6-4-3-5-7-16)23-19(26)13-31-22(28)15-8-9-17-18(12-15)30-11-10-29-17/h3-9,12H,10-11,13H2,1-2H3,(H,23,26). The molecule has 0 radical (unpaired) electrons. The molecule has 1 aliphatic heterocycles. The first-order chi connectivity index (χ1) is 15.0. The molecule has 0 fully saturated rings. The number of rotatable bonds is 5. The molecule has 4 rings (SSSR count). The number of anilines is 1. The minimum Gasteiger partial charge on any atom is -0.486 e. The van der Waals surface area contributed by atoms with Crippen LogP contribution in [0.15, 0.2) is 53.3 Å². The largest absolute Gasteiger partial charge is 0.486 e. The quantitative estimate of drug-likeness (QED) is 0.631. The van der Waals surface area contributed by atoms with Gasteiger partial charge in [0, 0.05) is 7.05 Å². The van der Waals surface area contributed by atoms with Crippen molar-refractivity contribution in [1.29, 1.82) is 0 Å². The van der Waals surface area contributed by atoms with Crippen LogP contribution in [0.4, 0.5) is 5.69 Å². The summed E-state index contributed by atoms with van der Waals surface area (Å²) in [6.45, 7) is 2.02. The van der Waals surface area contributed by atoms with E-state index >= 15 is 0 Å². The maximum absolute atomic E-state index is 12.8. The van der Waals surface area contributed by atoms with Gasteiger partial charge >= 0.3 is 5.97 Å². The van der Waals surface area contributed by atoms with Gasteiger partial charge in [0.2, 0.25) is 0 Å². The number of aromatic nitrogens is 2. The Morgan fingerprint density at radius 2 is 1.77 bits per heavy atom. The SMILES string of the molecule is Cc1c(NC(=O)COC(=O)c2ccc3c(c2)OCCO3)c(=O)n(-c2ccccc2)n1C.